The van der Waals surface area contributed by atoms with Crippen LogP contribution in [0.3, 0.4) is 0 Å². The second-order valence-electron chi connectivity index (χ2n) is 6.29. The first-order valence-electron chi connectivity index (χ1n) is 8.35. The fourth-order valence-electron chi connectivity index (χ4n) is 3.19. The molecule has 0 spiro atoms. The molecule has 0 heterocycles. The highest BCUT2D eigenvalue weighted by Crippen LogP contribution is 2.26. The lowest BCUT2D eigenvalue weighted by molar-refractivity contribution is 0.0979. The summed E-state index contributed by atoms with van der Waals surface area (Å²) in [6.45, 7) is 0.713. The molecule has 1 unspecified atom stereocenters. The van der Waals surface area contributed by atoms with Gasteiger partial charge in [-0.05, 0) is 37.2 Å². The molecule has 1 aliphatic rings. The Balaban J connectivity index is 1.81. The van der Waals surface area contributed by atoms with E-state index in [0.29, 0.717) is 12.5 Å². The molecule has 2 N–H and O–H groups in total. The number of hydrogen-bond donors (Lipinski definition) is 2. The van der Waals surface area contributed by atoms with Crippen molar-refractivity contribution >= 4 is 6.03 Å². The van der Waals surface area contributed by atoms with Crippen molar-refractivity contribution in [3.8, 4) is 0 Å². The molecule has 0 aliphatic heterocycles. The van der Waals surface area contributed by atoms with E-state index in [1.165, 1.54) is 0 Å². The maximum absolute atomic E-state index is 12.4. The second-order valence-corrected chi connectivity index (χ2v) is 6.29. The molecule has 128 valence electrons. The largest absolute Gasteiger partial charge is 0.396 e. The molecule has 5 heteroatoms. The van der Waals surface area contributed by atoms with Gasteiger partial charge in [0.2, 0.25) is 0 Å². The van der Waals surface area contributed by atoms with Gasteiger partial charge in [0.25, 0.3) is 0 Å². The number of carbonyl (C=O) groups excluding carboxylic acids is 1. The number of carbonyl (C=O) groups is 1. The first kappa shape index (κ1) is 17.8. The van der Waals surface area contributed by atoms with Crippen LogP contribution in [0.4, 0.5) is 4.79 Å². The summed E-state index contributed by atoms with van der Waals surface area (Å²) in [6, 6.07) is 10.1. The average Bonchev–Trinajstić information content (AvgIpc) is 2.62. The van der Waals surface area contributed by atoms with E-state index in [1.807, 2.05) is 37.4 Å². The zero-order valence-electron chi connectivity index (χ0n) is 14.1. The molecule has 1 aromatic carbocycles. The zero-order chi connectivity index (χ0) is 16.7. The highest BCUT2D eigenvalue weighted by atomic mass is 16.5. The molecule has 0 radical (unpaired) electrons. The van der Waals surface area contributed by atoms with Crippen molar-refractivity contribution in [3.05, 3.63) is 35.9 Å². The number of aliphatic hydroxyl groups excluding tert-OH is 1. The molecule has 1 fully saturated rings. The molecule has 2 rings (SSSR count). The number of aliphatic hydroxyl groups is 1. The van der Waals surface area contributed by atoms with Gasteiger partial charge < -0.3 is 20.1 Å². The molecule has 0 saturated heterocycles. The van der Waals surface area contributed by atoms with Crippen LogP contribution in [0.25, 0.3) is 0 Å². The summed E-state index contributed by atoms with van der Waals surface area (Å²) < 4.78 is 5.48. The number of urea groups is 1. The average molecular weight is 320 g/mol. The summed E-state index contributed by atoms with van der Waals surface area (Å²) in [4.78, 5) is 14.2. The van der Waals surface area contributed by atoms with E-state index >= 15 is 0 Å². The number of amides is 2. The summed E-state index contributed by atoms with van der Waals surface area (Å²) in [5.74, 6) is 0.402. The van der Waals surface area contributed by atoms with E-state index < -0.39 is 0 Å². The van der Waals surface area contributed by atoms with Crippen LogP contribution >= 0.6 is 0 Å². The van der Waals surface area contributed by atoms with Crippen molar-refractivity contribution in [1.82, 2.24) is 10.2 Å². The zero-order valence-corrected chi connectivity index (χ0v) is 14.1. The predicted molar refractivity (Wildman–Crippen MR) is 90.2 cm³/mol. The standard InChI is InChI=1S/C18H28N2O3/c1-20(16-10-8-14(13-21)9-11-16)18(22)19-12-17(23-2)15-6-4-3-5-7-15/h3-7,14,16-17,21H,8-13H2,1-2H3,(H,19,22). The van der Waals surface area contributed by atoms with Gasteiger partial charge in [0.15, 0.2) is 0 Å². The minimum Gasteiger partial charge on any atom is -0.396 e. The summed E-state index contributed by atoms with van der Waals surface area (Å²) in [5, 5.41) is 12.2. The van der Waals surface area contributed by atoms with Crippen LogP contribution in [0.5, 0.6) is 0 Å². The van der Waals surface area contributed by atoms with E-state index in [9.17, 15) is 9.90 Å². The maximum atomic E-state index is 12.4. The lowest BCUT2D eigenvalue weighted by atomic mass is 9.86. The van der Waals surface area contributed by atoms with Gasteiger partial charge in [-0.2, -0.15) is 0 Å². The number of nitrogens with zero attached hydrogens (tertiary/aromatic N) is 1. The summed E-state index contributed by atoms with van der Waals surface area (Å²) in [5.41, 5.74) is 1.06. The highest BCUT2D eigenvalue weighted by molar-refractivity contribution is 5.74. The van der Waals surface area contributed by atoms with Crippen molar-refractivity contribution in [2.45, 2.75) is 37.8 Å². The Labute approximate surface area is 138 Å². The van der Waals surface area contributed by atoms with Gasteiger partial charge in [-0.3, -0.25) is 0 Å². The number of hydrogen-bond acceptors (Lipinski definition) is 3. The van der Waals surface area contributed by atoms with Crippen LogP contribution in [0.2, 0.25) is 0 Å². The highest BCUT2D eigenvalue weighted by Gasteiger charge is 2.26. The third-order valence-electron chi connectivity index (χ3n) is 4.84. The van der Waals surface area contributed by atoms with Crippen molar-refractivity contribution in [1.29, 1.82) is 0 Å². The van der Waals surface area contributed by atoms with Crippen molar-refractivity contribution in [3.63, 3.8) is 0 Å². The maximum Gasteiger partial charge on any atom is 0.317 e. The van der Waals surface area contributed by atoms with Crippen molar-refractivity contribution in [2.75, 3.05) is 27.3 Å². The quantitative estimate of drug-likeness (QED) is 0.847. The van der Waals surface area contributed by atoms with Crippen LogP contribution in [-0.2, 0) is 4.74 Å². The Morgan fingerprint density at radius 1 is 1.30 bits per heavy atom. The van der Waals surface area contributed by atoms with Gasteiger partial charge in [-0.25, -0.2) is 4.79 Å². The van der Waals surface area contributed by atoms with E-state index in [-0.39, 0.29) is 24.8 Å². The third kappa shape index (κ3) is 4.94. The van der Waals surface area contributed by atoms with Gasteiger partial charge in [0, 0.05) is 33.4 Å². The molecule has 0 aromatic heterocycles. The molecule has 2 amide bonds. The van der Waals surface area contributed by atoms with Crippen molar-refractivity contribution in [2.24, 2.45) is 5.92 Å². The number of rotatable bonds is 6. The minimum atomic E-state index is -0.140. The van der Waals surface area contributed by atoms with E-state index in [1.54, 1.807) is 12.0 Å². The summed E-state index contributed by atoms with van der Waals surface area (Å²) in [6.07, 6.45) is 3.76. The van der Waals surface area contributed by atoms with Gasteiger partial charge in [-0.1, -0.05) is 30.3 Å². The molecule has 1 atom stereocenters. The first-order chi connectivity index (χ1) is 11.2. The molecule has 1 aromatic rings. The number of ether oxygens (including phenoxy) is 1. The van der Waals surface area contributed by atoms with Crippen LogP contribution in [-0.4, -0.2) is 49.4 Å². The van der Waals surface area contributed by atoms with Crippen LogP contribution in [0.15, 0.2) is 30.3 Å². The van der Waals surface area contributed by atoms with E-state index in [2.05, 4.69) is 5.32 Å². The lowest BCUT2D eigenvalue weighted by Gasteiger charge is -2.34. The fraction of sp³-hybridized carbons (Fsp3) is 0.611. The number of nitrogens with one attached hydrogen (secondary N) is 1. The second kappa shape index (κ2) is 8.89. The van der Waals surface area contributed by atoms with Crippen LogP contribution in [0.1, 0.15) is 37.4 Å². The summed E-state index contributed by atoms with van der Waals surface area (Å²) >= 11 is 0. The van der Waals surface area contributed by atoms with Gasteiger partial charge in [0.1, 0.15) is 0 Å². The Bertz CT molecular complexity index is 472. The lowest BCUT2D eigenvalue weighted by Crippen LogP contribution is -2.46. The molecule has 5 nitrogen and oxygen atoms in total. The Morgan fingerprint density at radius 3 is 2.52 bits per heavy atom. The van der Waals surface area contributed by atoms with Gasteiger partial charge in [-0.15, -0.1) is 0 Å². The number of benzene rings is 1. The van der Waals surface area contributed by atoms with Crippen molar-refractivity contribution < 1.29 is 14.6 Å². The normalized spacial score (nSPS) is 22.4. The van der Waals surface area contributed by atoms with Gasteiger partial charge >= 0.3 is 6.03 Å². The summed E-state index contributed by atoms with van der Waals surface area (Å²) in [7, 11) is 3.51. The van der Waals surface area contributed by atoms with E-state index in [0.717, 1.165) is 31.2 Å². The van der Waals surface area contributed by atoms with Crippen LogP contribution < -0.4 is 5.32 Å². The fourth-order valence-corrected chi connectivity index (χ4v) is 3.19. The Kier molecular flexibility index (Phi) is 6.86. The SMILES string of the molecule is COC(CNC(=O)N(C)C1CCC(CO)CC1)c1ccccc1. The van der Waals surface area contributed by atoms with Crippen LogP contribution in [0, 0.1) is 5.92 Å². The Morgan fingerprint density at radius 2 is 1.96 bits per heavy atom. The minimum absolute atomic E-state index is 0.0598. The van der Waals surface area contributed by atoms with E-state index in [4.69, 9.17) is 4.74 Å². The number of methoxy groups -OCH3 is 1. The molecule has 1 saturated carbocycles. The smallest absolute Gasteiger partial charge is 0.317 e. The molecule has 1 aliphatic carbocycles. The molecular weight excluding hydrogens is 292 g/mol. The monoisotopic (exact) mass is 320 g/mol. The predicted octanol–water partition coefficient (Wildman–Crippen LogP) is 2.57. The molecule has 23 heavy (non-hydrogen) atoms. The molecule has 0 bridgehead atoms. The first-order valence-corrected chi connectivity index (χ1v) is 8.35. The topological polar surface area (TPSA) is 61.8 Å². The van der Waals surface area contributed by atoms with Gasteiger partial charge in [0.05, 0.1) is 6.10 Å². The third-order valence-corrected chi connectivity index (χ3v) is 4.84. The molecular formula is C18H28N2O3. The Hall–Kier alpha value is -1.59.